The van der Waals surface area contributed by atoms with Gasteiger partial charge in [-0.2, -0.15) is 0 Å². The molecule has 206 valence electrons. The van der Waals surface area contributed by atoms with E-state index in [1.165, 1.54) is 12.2 Å². The number of aromatic nitrogens is 4. The first-order chi connectivity index (χ1) is 19.8. The first-order valence-electron chi connectivity index (χ1n) is 12.6. The highest BCUT2D eigenvalue weighted by Gasteiger charge is 2.19. The number of allylic oxidation sites excluding steroid dienone is 4. The standard InChI is InChI=1S/C30H23ClN4O6/c31-24-18(10-8-16-22-25(36)32-29(40)34(27(22)38)20-12-3-1-4-13-20)9-7-11-19(24)17-23-26(37)33-30(41)35(28(23)39)21-14-5-2-6-15-21/h1-6,10,12-17,38-39H,7,9,11H2,(H,32,36,40)(H,33,37,41). The number of hydrogen-bond donors (Lipinski definition) is 4. The molecule has 0 aliphatic heterocycles. The smallest absolute Gasteiger partial charge is 0.335 e. The Morgan fingerprint density at radius 3 is 1.80 bits per heavy atom. The van der Waals surface area contributed by atoms with E-state index in [1.807, 2.05) is 0 Å². The lowest BCUT2D eigenvalue weighted by atomic mass is 9.93. The third-order valence-electron chi connectivity index (χ3n) is 6.53. The molecule has 4 aromatic rings. The molecule has 41 heavy (non-hydrogen) atoms. The number of hydrogen-bond acceptors (Lipinski definition) is 6. The normalized spacial score (nSPS) is 14.1. The largest absolute Gasteiger partial charge is 0.494 e. The lowest BCUT2D eigenvalue weighted by Crippen LogP contribution is -2.30. The fourth-order valence-electron chi connectivity index (χ4n) is 4.54. The first kappa shape index (κ1) is 27.3. The molecular formula is C30H23ClN4O6. The van der Waals surface area contributed by atoms with Crippen molar-refractivity contribution in [3.05, 3.63) is 141 Å². The molecule has 5 rings (SSSR count). The van der Waals surface area contributed by atoms with Crippen LogP contribution in [0.2, 0.25) is 0 Å². The van der Waals surface area contributed by atoms with E-state index in [2.05, 4.69) is 15.7 Å². The summed E-state index contributed by atoms with van der Waals surface area (Å²) in [5.74, 6) is -1.06. The van der Waals surface area contributed by atoms with Crippen molar-refractivity contribution in [3.8, 4) is 23.1 Å². The summed E-state index contributed by atoms with van der Waals surface area (Å²) in [5.41, 5.74) is 1.38. The molecule has 11 heteroatoms. The maximum atomic E-state index is 12.6. The minimum atomic E-state index is -0.788. The average molecular weight is 571 g/mol. The average Bonchev–Trinajstić information content (AvgIpc) is 2.95. The van der Waals surface area contributed by atoms with Crippen molar-refractivity contribution >= 4 is 23.8 Å². The van der Waals surface area contributed by atoms with Crippen molar-refractivity contribution in [3.63, 3.8) is 0 Å². The van der Waals surface area contributed by atoms with Crippen LogP contribution < -0.4 is 22.5 Å². The summed E-state index contributed by atoms with van der Waals surface area (Å²) < 4.78 is 1.97. The van der Waals surface area contributed by atoms with Crippen LogP contribution in [-0.2, 0) is 0 Å². The van der Waals surface area contributed by atoms with Gasteiger partial charge in [-0.25, -0.2) is 18.7 Å². The molecule has 0 spiro atoms. The summed E-state index contributed by atoms with van der Waals surface area (Å²) in [6.07, 6.45) is 5.96. The third-order valence-corrected chi connectivity index (χ3v) is 7.02. The zero-order chi connectivity index (χ0) is 29.1. The van der Waals surface area contributed by atoms with Gasteiger partial charge in [0, 0.05) is 5.03 Å². The molecule has 0 saturated carbocycles. The van der Waals surface area contributed by atoms with Crippen molar-refractivity contribution < 1.29 is 10.2 Å². The van der Waals surface area contributed by atoms with Crippen LogP contribution in [0.15, 0.2) is 108 Å². The van der Waals surface area contributed by atoms with E-state index in [-0.39, 0.29) is 11.1 Å². The zero-order valence-electron chi connectivity index (χ0n) is 21.4. The van der Waals surface area contributed by atoms with E-state index >= 15 is 0 Å². The molecule has 0 atom stereocenters. The van der Waals surface area contributed by atoms with E-state index < -0.39 is 34.3 Å². The number of halogens is 1. The monoisotopic (exact) mass is 570 g/mol. The van der Waals surface area contributed by atoms with Crippen molar-refractivity contribution in [1.82, 2.24) is 19.1 Å². The molecule has 10 nitrogen and oxygen atoms in total. The van der Waals surface area contributed by atoms with Crippen LogP contribution in [0.25, 0.3) is 23.5 Å². The van der Waals surface area contributed by atoms with Gasteiger partial charge in [-0.05, 0) is 72.9 Å². The van der Waals surface area contributed by atoms with E-state index in [0.717, 1.165) is 9.13 Å². The molecule has 2 aromatic carbocycles. The topological polar surface area (TPSA) is 150 Å². The van der Waals surface area contributed by atoms with Gasteiger partial charge in [0.2, 0.25) is 11.8 Å². The Morgan fingerprint density at radius 1 is 0.732 bits per heavy atom. The van der Waals surface area contributed by atoms with Crippen LogP contribution in [0.1, 0.15) is 30.4 Å². The molecular weight excluding hydrogens is 548 g/mol. The van der Waals surface area contributed by atoms with Crippen molar-refractivity contribution in [2.24, 2.45) is 0 Å². The molecule has 1 aliphatic rings. The van der Waals surface area contributed by atoms with Crippen LogP contribution in [0, 0.1) is 0 Å². The predicted molar refractivity (Wildman–Crippen MR) is 156 cm³/mol. The summed E-state index contributed by atoms with van der Waals surface area (Å²) in [6.45, 7) is 0. The third kappa shape index (κ3) is 5.42. The number of aromatic hydroxyl groups is 2. The molecule has 2 aromatic heterocycles. The zero-order valence-corrected chi connectivity index (χ0v) is 22.2. The molecule has 0 unspecified atom stereocenters. The fraction of sp³-hybridized carbons (Fsp3) is 0.100. The number of nitrogens with one attached hydrogen (secondary N) is 2. The summed E-state index contributed by atoms with van der Waals surface area (Å²) in [5, 5.41) is 21.9. The highest BCUT2D eigenvalue weighted by molar-refractivity contribution is 6.33. The number of H-pyrrole nitrogens is 2. The SMILES string of the molecule is O=c1[nH]c(=O)n(-c2ccccc2)c(O)c1C=C=CC1=C(Cl)C(=Cc2c(O)n(-c3ccccc3)c(=O)[nH]c2=O)CCC1. The molecule has 0 amide bonds. The van der Waals surface area contributed by atoms with Crippen LogP contribution >= 0.6 is 11.6 Å². The number of rotatable bonds is 5. The minimum absolute atomic E-state index is 0.123. The molecule has 1 aliphatic carbocycles. The van der Waals surface area contributed by atoms with Gasteiger partial charge >= 0.3 is 11.4 Å². The molecule has 0 saturated heterocycles. The number of para-hydroxylation sites is 2. The lowest BCUT2D eigenvalue weighted by Gasteiger charge is -2.17. The van der Waals surface area contributed by atoms with Gasteiger partial charge in [-0.3, -0.25) is 19.6 Å². The lowest BCUT2D eigenvalue weighted by molar-refractivity contribution is 0.429. The Hall–Kier alpha value is -5.31. The van der Waals surface area contributed by atoms with Crippen molar-refractivity contribution in [2.45, 2.75) is 19.3 Å². The summed E-state index contributed by atoms with van der Waals surface area (Å²) in [7, 11) is 0. The summed E-state index contributed by atoms with van der Waals surface area (Å²) >= 11 is 6.66. The van der Waals surface area contributed by atoms with Crippen molar-refractivity contribution in [1.29, 1.82) is 0 Å². The molecule has 0 bridgehead atoms. The summed E-state index contributed by atoms with van der Waals surface area (Å²) in [4.78, 5) is 54.2. The van der Waals surface area contributed by atoms with Gasteiger partial charge < -0.3 is 10.2 Å². The van der Waals surface area contributed by atoms with Gasteiger partial charge in [0.25, 0.3) is 11.1 Å². The second-order valence-electron chi connectivity index (χ2n) is 9.15. The molecule has 2 heterocycles. The Bertz CT molecular complexity index is 2010. The van der Waals surface area contributed by atoms with E-state index in [4.69, 9.17) is 11.6 Å². The van der Waals surface area contributed by atoms with Gasteiger partial charge in [0.05, 0.1) is 11.4 Å². The quantitative estimate of drug-likeness (QED) is 0.269. The van der Waals surface area contributed by atoms with E-state index in [9.17, 15) is 29.4 Å². The summed E-state index contributed by atoms with van der Waals surface area (Å²) in [6, 6.07) is 16.7. The van der Waals surface area contributed by atoms with Crippen LogP contribution in [-0.4, -0.2) is 29.3 Å². The maximum Gasteiger partial charge on any atom is 0.335 e. The van der Waals surface area contributed by atoms with E-state index in [0.29, 0.717) is 46.8 Å². The maximum absolute atomic E-state index is 12.6. The highest BCUT2D eigenvalue weighted by atomic mass is 35.5. The Kier molecular flexibility index (Phi) is 7.60. The Labute approximate surface area is 236 Å². The Morgan fingerprint density at radius 2 is 1.24 bits per heavy atom. The van der Waals surface area contributed by atoms with E-state index in [1.54, 1.807) is 66.7 Å². The van der Waals surface area contributed by atoms with Crippen LogP contribution in [0.4, 0.5) is 0 Å². The Balaban J connectivity index is 1.54. The highest BCUT2D eigenvalue weighted by Crippen LogP contribution is 2.35. The fourth-order valence-corrected chi connectivity index (χ4v) is 4.83. The molecule has 0 fully saturated rings. The molecule has 0 radical (unpaired) electrons. The van der Waals surface area contributed by atoms with Crippen LogP contribution in [0.5, 0.6) is 11.8 Å². The van der Waals surface area contributed by atoms with Gasteiger partial charge in [-0.1, -0.05) is 48.0 Å². The van der Waals surface area contributed by atoms with Gasteiger partial charge in [0.15, 0.2) is 0 Å². The molecule has 4 N–H and O–H groups in total. The van der Waals surface area contributed by atoms with Gasteiger partial charge in [0.1, 0.15) is 11.1 Å². The minimum Gasteiger partial charge on any atom is -0.494 e. The number of benzene rings is 2. The van der Waals surface area contributed by atoms with Crippen LogP contribution in [0.3, 0.4) is 0 Å². The van der Waals surface area contributed by atoms with Crippen molar-refractivity contribution in [2.75, 3.05) is 0 Å². The second-order valence-corrected chi connectivity index (χ2v) is 9.53. The number of nitrogens with zero attached hydrogens (tertiary/aromatic N) is 2. The second kappa shape index (κ2) is 11.4. The first-order valence-corrected chi connectivity index (χ1v) is 12.9. The number of aromatic amines is 2. The predicted octanol–water partition coefficient (Wildman–Crippen LogP) is 3.70. The van der Waals surface area contributed by atoms with Gasteiger partial charge in [-0.15, -0.1) is 5.73 Å².